The summed E-state index contributed by atoms with van der Waals surface area (Å²) in [7, 11) is 3.70. The topological polar surface area (TPSA) is 75.3 Å². The summed E-state index contributed by atoms with van der Waals surface area (Å²) in [6, 6.07) is 0.634. The van der Waals surface area contributed by atoms with Crippen LogP contribution in [-0.2, 0) is 22.8 Å². The first kappa shape index (κ1) is 17.3. The van der Waals surface area contributed by atoms with Crippen molar-refractivity contribution in [3.63, 3.8) is 0 Å². The van der Waals surface area contributed by atoms with Gasteiger partial charge in [0, 0.05) is 41.0 Å². The Labute approximate surface area is 109 Å². The van der Waals surface area contributed by atoms with E-state index in [1.165, 1.54) is 0 Å². The minimum absolute atomic E-state index is 0.245. The molecule has 0 aromatic heterocycles. The molecule has 0 aromatic rings. The second kappa shape index (κ2) is 10.3. The van der Waals surface area contributed by atoms with Gasteiger partial charge in [-0.3, -0.25) is 0 Å². The number of rotatable bonds is 10. The molecule has 18 heavy (non-hydrogen) atoms. The van der Waals surface area contributed by atoms with Crippen molar-refractivity contribution >= 4 is 14.9 Å². The molecule has 0 unspecified atom stereocenters. The van der Waals surface area contributed by atoms with Crippen LogP contribution in [0.1, 0.15) is 6.42 Å². The van der Waals surface area contributed by atoms with Crippen LogP contribution >= 0.6 is 0 Å². The molecule has 0 atom stereocenters. The Kier molecular flexibility index (Phi) is 9.88. The van der Waals surface area contributed by atoms with Crippen molar-refractivity contribution in [3.8, 4) is 0 Å². The van der Waals surface area contributed by atoms with E-state index < -0.39 is 14.9 Å². The van der Waals surface area contributed by atoms with Crippen molar-refractivity contribution in [3.05, 3.63) is 0 Å². The molecule has 0 saturated carbocycles. The van der Waals surface area contributed by atoms with Crippen LogP contribution in [-0.4, -0.2) is 63.1 Å². The molecule has 0 aliphatic rings. The zero-order valence-electron chi connectivity index (χ0n) is 11.5. The van der Waals surface area contributed by atoms with Crippen molar-refractivity contribution in [2.45, 2.75) is 12.5 Å². The standard InChI is InChI=1S/C10H23NO6Si/c1-13-7-8-17-10(12)11-6-5-9-18(14-2,15-3)16-4/h5-9H2,1-4H3,(H,11,12). The highest BCUT2D eigenvalue weighted by Gasteiger charge is 2.36. The lowest BCUT2D eigenvalue weighted by Gasteiger charge is -2.24. The molecule has 0 saturated heterocycles. The van der Waals surface area contributed by atoms with Crippen LogP contribution in [0.2, 0.25) is 6.04 Å². The Morgan fingerprint density at radius 2 is 1.67 bits per heavy atom. The minimum atomic E-state index is -2.53. The second-order valence-corrected chi connectivity index (χ2v) is 6.55. The number of nitrogens with one attached hydrogen (secondary N) is 1. The number of alkyl carbamates (subject to hydrolysis) is 1. The number of ether oxygens (including phenoxy) is 2. The summed E-state index contributed by atoms with van der Waals surface area (Å²) in [5.41, 5.74) is 0. The van der Waals surface area contributed by atoms with Crippen molar-refractivity contribution in [2.24, 2.45) is 0 Å². The molecule has 0 aromatic carbocycles. The largest absolute Gasteiger partial charge is 0.500 e. The molecule has 0 radical (unpaired) electrons. The second-order valence-electron chi connectivity index (χ2n) is 3.45. The number of amides is 1. The summed E-state index contributed by atoms with van der Waals surface area (Å²) in [5.74, 6) is 0. The lowest BCUT2D eigenvalue weighted by atomic mass is 10.5. The first-order valence-electron chi connectivity index (χ1n) is 5.69. The molecule has 0 bridgehead atoms. The highest BCUT2D eigenvalue weighted by atomic mass is 28.4. The van der Waals surface area contributed by atoms with E-state index in [0.29, 0.717) is 25.6 Å². The van der Waals surface area contributed by atoms with Gasteiger partial charge in [-0.05, 0) is 6.42 Å². The Bertz CT molecular complexity index is 216. The summed E-state index contributed by atoms with van der Waals surface area (Å²) in [6.07, 6.45) is 0.243. The molecule has 0 aliphatic heterocycles. The van der Waals surface area contributed by atoms with Gasteiger partial charge in [-0.1, -0.05) is 0 Å². The third-order valence-corrected chi connectivity index (χ3v) is 5.21. The normalized spacial score (nSPS) is 11.3. The SMILES string of the molecule is COCCOC(=O)NCCC[Si](OC)(OC)OC. The minimum Gasteiger partial charge on any atom is -0.447 e. The fraction of sp³-hybridized carbons (Fsp3) is 0.900. The van der Waals surface area contributed by atoms with Crippen LogP contribution in [0.5, 0.6) is 0 Å². The molecule has 1 N–H and O–H groups in total. The van der Waals surface area contributed by atoms with E-state index in [1.807, 2.05) is 0 Å². The average molecular weight is 281 g/mol. The van der Waals surface area contributed by atoms with E-state index in [2.05, 4.69) is 5.32 Å². The average Bonchev–Trinajstić information content (AvgIpc) is 2.40. The summed E-state index contributed by atoms with van der Waals surface area (Å²) in [4.78, 5) is 11.2. The number of methoxy groups -OCH3 is 1. The summed E-state index contributed by atoms with van der Waals surface area (Å²) in [5, 5.41) is 2.63. The van der Waals surface area contributed by atoms with Crippen LogP contribution in [0.4, 0.5) is 4.79 Å². The van der Waals surface area contributed by atoms with Gasteiger partial charge in [-0.25, -0.2) is 4.79 Å². The molecule has 0 spiro atoms. The fourth-order valence-electron chi connectivity index (χ4n) is 1.32. The van der Waals surface area contributed by atoms with E-state index >= 15 is 0 Å². The maximum absolute atomic E-state index is 11.2. The summed E-state index contributed by atoms with van der Waals surface area (Å²) < 4.78 is 25.4. The van der Waals surface area contributed by atoms with Crippen LogP contribution in [0, 0.1) is 0 Å². The third-order valence-electron chi connectivity index (χ3n) is 2.38. The van der Waals surface area contributed by atoms with E-state index in [-0.39, 0.29) is 6.61 Å². The van der Waals surface area contributed by atoms with Gasteiger partial charge in [-0.2, -0.15) is 0 Å². The first-order chi connectivity index (χ1) is 8.64. The molecule has 108 valence electrons. The Balaban J connectivity index is 3.68. The number of hydrogen-bond donors (Lipinski definition) is 1. The van der Waals surface area contributed by atoms with Gasteiger partial charge in [0.1, 0.15) is 6.61 Å². The van der Waals surface area contributed by atoms with E-state index in [9.17, 15) is 4.79 Å². The van der Waals surface area contributed by atoms with Crippen LogP contribution in [0.25, 0.3) is 0 Å². The molecule has 8 heteroatoms. The van der Waals surface area contributed by atoms with Gasteiger partial charge in [0.05, 0.1) is 6.61 Å². The summed E-state index contributed by atoms with van der Waals surface area (Å²) >= 11 is 0. The molecular formula is C10H23NO6Si. The maximum atomic E-state index is 11.2. The van der Waals surface area contributed by atoms with Gasteiger partial charge in [0.15, 0.2) is 0 Å². The Morgan fingerprint density at radius 3 is 2.17 bits per heavy atom. The molecule has 0 rings (SSSR count). The van der Waals surface area contributed by atoms with Crippen molar-refractivity contribution < 1.29 is 27.5 Å². The monoisotopic (exact) mass is 281 g/mol. The third kappa shape index (κ3) is 6.92. The molecule has 0 fully saturated rings. The van der Waals surface area contributed by atoms with Gasteiger partial charge in [0.25, 0.3) is 0 Å². The predicted octanol–water partition coefficient (Wildman–Crippen LogP) is 0.627. The molecule has 0 aliphatic carbocycles. The zero-order chi connectivity index (χ0) is 13.9. The lowest BCUT2D eigenvalue weighted by molar-refractivity contribution is 0.0981. The van der Waals surface area contributed by atoms with Crippen LogP contribution < -0.4 is 5.32 Å². The van der Waals surface area contributed by atoms with E-state index in [0.717, 1.165) is 0 Å². The van der Waals surface area contributed by atoms with Gasteiger partial charge in [-0.15, -0.1) is 0 Å². The lowest BCUT2D eigenvalue weighted by Crippen LogP contribution is -2.43. The van der Waals surface area contributed by atoms with E-state index in [1.54, 1.807) is 28.4 Å². The van der Waals surface area contributed by atoms with Crippen LogP contribution in [0.15, 0.2) is 0 Å². The Hall–Kier alpha value is -0.673. The smallest absolute Gasteiger partial charge is 0.447 e. The zero-order valence-corrected chi connectivity index (χ0v) is 12.5. The van der Waals surface area contributed by atoms with Crippen molar-refractivity contribution in [2.75, 3.05) is 48.2 Å². The van der Waals surface area contributed by atoms with Crippen molar-refractivity contribution in [1.29, 1.82) is 0 Å². The van der Waals surface area contributed by atoms with Gasteiger partial charge < -0.3 is 28.1 Å². The maximum Gasteiger partial charge on any atom is 0.500 e. The number of carbonyl (C=O) groups is 1. The van der Waals surface area contributed by atoms with E-state index in [4.69, 9.17) is 22.8 Å². The molecule has 1 amide bonds. The highest BCUT2D eigenvalue weighted by molar-refractivity contribution is 6.60. The highest BCUT2D eigenvalue weighted by Crippen LogP contribution is 2.14. The van der Waals surface area contributed by atoms with Crippen LogP contribution in [0.3, 0.4) is 0 Å². The van der Waals surface area contributed by atoms with Crippen molar-refractivity contribution in [1.82, 2.24) is 5.32 Å². The molecular weight excluding hydrogens is 258 g/mol. The van der Waals surface area contributed by atoms with Gasteiger partial charge in [0.2, 0.25) is 0 Å². The summed E-state index contributed by atoms with van der Waals surface area (Å²) in [6.45, 7) is 1.12. The Morgan fingerprint density at radius 1 is 1.06 bits per heavy atom. The number of hydrogen-bond acceptors (Lipinski definition) is 6. The first-order valence-corrected chi connectivity index (χ1v) is 7.62. The quantitative estimate of drug-likeness (QED) is 0.467. The number of carbonyl (C=O) groups excluding carboxylic acids is 1. The molecule has 0 heterocycles. The predicted molar refractivity (Wildman–Crippen MR) is 67.4 cm³/mol. The molecule has 7 nitrogen and oxygen atoms in total. The fourth-order valence-corrected chi connectivity index (χ4v) is 3.04. The van der Waals surface area contributed by atoms with Gasteiger partial charge >= 0.3 is 14.9 Å².